The summed E-state index contributed by atoms with van der Waals surface area (Å²) in [7, 11) is 1.23. The Morgan fingerprint density at radius 3 is 2.56 bits per heavy atom. The highest BCUT2D eigenvalue weighted by atomic mass is 35.5. The van der Waals surface area contributed by atoms with Crippen LogP contribution >= 0.6 is 23.4 Å². The SMILES string of the molecule is COC(=O)[C@]1(Sc2ccc([N+](=O)[O-])cc2)Cc2cc(Cl)ccc2C1=O. The van der Waals surface area contributed by atoms with Crippen molar-refractivity contribution in [1.82, 2.24) is 0 Å². The number of nitro groups is 1. The number of non-ortho nitro benzene ring substituents is 1. The second kappa shape index (κ2) is 6.50. The van der Waals surface area contributed by atoms with E-state index in [1.165, 1.54) is 31.4 Å². The number of nitro benzene ring substituents is 1. The van der Waals surface area contributed by atoms with Gasteiger partial charge in [0.15, 0.2) is 10.5 Å². The van der Waals surface area contributed by atoms with Crippen molar-refractivity contribution in [3.8, 4) is 0 Å². The Kier molecular flexibility index (Phi) is 4.53. The molecule has 0 saturated heterocycles. The van der Waals surface area contributed by atoms with Crippen LogP contribution in [-0.4, -0.2) is 28.5 Å². The van der Waals surface area contributed by atoms with Crippen LogP contribution in [0.3, 0.4) is 0 Å². The van der Waals surface area contributed by atoms with E-state index in [0.29, 0.717) is 21.0 Å². The Bertz CT molecular complexity index is 883. The molecule has 0 aromatic heterocycles. The highest BCUT2D eigenvalue weighted by Crippen LogP contribution is 2.45. The van der Waals surface area contributed by atoms with Gasteiger partial charge in [-0.3, -0.25) is 19.7 Å². The zero-order chi connectivity index (χ0) is 18.2. The predicted octanol–water partition coefficient (Wildman–Crippen LogP) is 3.69. The minimum Gasteiger partial charge on any atom is -0.468 e. The summed E-state index contributed by atoms with van der Waals surface area (Å²) in [4.78, 5) is 36.2. The van der Waals surface area contributed by atoms with Crippen LogP contribution in [0.4, 0.5) is 5.69 Å². The van der Waals surface area contributed by atoms with Gasteiger partial charge >= 0.3 is 5.97 Å². The van der Waals surface area contributed by atoms with Gasteiger partial charge in [-0.2, -0.15) is 0 Å². The van der Waals surface area contributed by atoms with Gasteiger partial charge < -0.3 is 4.74 Å². The largest absolute Gasteiger partial charge is 0.468 e. The molecule has 0 radical (unpaired) electrons. The normalized spacial score (nSPS) is 18.7. The van der Waals surface area contributed by atoms with Crippen molar-refractivity contribution in [1.29, 1.82) is 0 Å². The lowest BCUT2D eigenvalue weighted by molar-refractivity contribution is -0.384. The summed E-state index contributed by atoms with van der Waals surface area (Å²) in [6.07, 6.45) is 0.149. The number of hydrogen-bond donors (Lipinski definition) is 0. The molecule has 0 N–H and O–H groups in total. The van der Waals surface area contributed by atoms with E-state index in [1.54, 1.807) is 18.2 Å². The lowest BCUT2D eigenvalue weighted by Gasteiger charge is -2.23. The molecule has 0 bridgehead atoms. The Morgan fingerprint density at radius 1 is 1.28 bits per heavy atom. The number of Topliss-reactive ketones (excluding diaryl/α,β-unsaturated/α-hetero) is 1. The van der Waals surface area contributed by atoms with E-state index in [1.807, 2.05) is 0 Å². The Morgan fingerprint density at radius 2 is 1.96 bits per heavy atom. The number of thioether (sulfide) groups is 1. The number of carbonyl (C=O) groups is 2. The molecule has 1 aliphatic carbocycles. The fourth-order valence-electron chi connectivity index (χ4n) is 2.79. The minimum atomic E-state index is -1.46. The van der Waals surface area contributed by atoms with Gasteiger partial charge in [-0.05, 0) is 35.9 Å². The van der Waals surface area contributed by atoms with Crippen LogP contribution in [0.5, 0.6) is 0 Å². The molecule has 0 unspecified atom stereocenters. The Hall–Kier alpha value is -2.38. The first-order valence-electron chi connectivity index (χ1n) is 7.22. The summed E-state index contributed by atoms with van der Waals surface area (Å²) in [6, 6.07) is 10.5. The van der Waals surface area contributed by atoms with Gasteiger partial charge in [-0.15, -0.1) is 0 Å². The number of fused-ring (bicyclic) bond motifs is 1. The van der Waals surface area contributed by atoms with E-state index in [-0.39, 0.29) is 17.9 Å². The number of esters is 1. The summed E-state index contributed by atoms with van der Waals surface area (Å²) in [5.41, 5.74) is 1.05. The van der Waals surface area contributed by atoms with Gasteiger partial charge in [0.25, 0.3) is 5.69 Å². The van der Waals surface area contributed by atoms with Crippen molar-refractivity contribution >= 4 is 40.8 Å². The molecule has 25 heavy (non-hydrogen) atoms. The van der Waals surface area contributed by atoms with E-state index in [0.717, 1.165) is 11.8 Å². The highest BCUT2D eigenvalue weighted by Gasteiger charge is 2.53. The van der Waals surface area contributed by atoms with Gasteiger partial charge in [-0.25, -0.2) is 0 Å². The highest BCUT2D eigenvalue weighted by molar-refractivity contribution is 8.02. The number of ether oxygens (including phenoxy) is 1. The Labute approximate surface area is 152 Å². The van der Waals surface area contributed by atoms with Crippen molar-refractivity contribution in [3.05, 3.63) is 68.7 Å². The molecule has 0 amide bonds. The number of benzene rings is 2. The summed E-state index contributed by atoms with van der Waals surface area (Å²) in [5.74, 6) is -1.01. The van der Waals surface area contributed by atoms with E-state index in [2.05, 4.69) is 0 Å². The first-order valence-corrected chi connectivity index (χ1v) is 8.42. The lowest BCUT2D eigenvalue weighted by atomic mass is 10.0. The molecule has 6 nitrogen and oxygen atoms in total. The zero-order valence-electron chi connectivity index (χ0n) is 13.0. The smallest absolute Gasteiger partial charge is 0.330 e. The third-order valence-corrected chi connectivity index (χ3v) is 5.56. The van der Waals surface area contributed by atoms with Crippen LogP contribution in [0, 0.1) is 10.1 Å². The van der Waals surface area contributed by atoms with Crippen LogP contribution in [0.15, 0.2) is 47.4 Å². The molecule has 0 fully saturated rings. The van der Waals surface area contributed by atoms with E-state index >= 15 is 0 Å². The van der Waals surface area contributed by atoms with Gasteiger partial charge in [0.1, 0.15) is 0 Å². The summed E-state index contributed by atoms with van der Waals surface area (Å²) in [5, 5.41) is 11.2. The molecule has 2 aromatic rings. The standard InChI is InChI=1S/C17H12ClNO5S/c1-24-16(21)17(25-13-5-3-12(4-6-13)19(22)23)9-10-8-11(18)2-7-14(10)15(17)20/h2-8H,9H2,1H3/t17-/m0/s1. The van der Waals surface area contributed by atoms with E-state index < -0.39 is 15.6 Å². The van der Waals surface area contributed by atoms with Gasteiger partial charge in [0, 0.05) is 34.0 Å². The third kappa shape index (κ3) is 3.01. The first-order chi connectivity index (χ1) is 11.9. The maximum atomic E-state index is 12.9. The topological polar surface area (TPSA) is 86.5 Å². The predicted molar refractivity (Wildman–Crippen MR) is 93.2 cm³/mol. The second-order valence-corrected chi connectivity index (χ2v) is 7.29. The molecule has 128 valence electrons. The van der Waals surface area contributed by atoms with Crippen LogP contribution in [0.25, 0.3) is 0 Å². The average Bonchev–Trinajstić information content (AvgIpc) is 2.87. The monoisotopic (exact) mass is 377 g/mol. The van der Waals surface area contributed by atoms with Gasteiger partial charge in [-0.1, -0.05) is 23.4 Å². The molecular weight excluding hydrogens is 366 g/mol. The maximum absolute atomic E-state index is 12.9. The number of hydrogen-bond acceptors (Lipinski definition) is 6. The van der Waals surface area contributed by atoms with Crippen molar-refractivity contribution in [2.45, 2.75) is 16.1 Å². The summed E-state index contributed by atoms with van der Waals surface area (Å²) < 4.78 is 3.42. The van der Waals surface area contributed by atoms with E-state index in [9.17, 15) is 19.7 Å². The molecule has 0 spiro atoms. The second-order valence-electron chi connectivity index (χ2n) is 5.48. The molecular formula is C17H12ClNO5S. The number of methoxy groups -OCH3 is 1. The molecule has 0 aliphatic heterocycles. The summed E-state index contributed by atoms with van der Waals surface area (Å²) in [6.45, 7) is 0. The molecule has 0 saturated carbocycles. The van der Waals surface area contributed by atoms with Crippen molar-refractivity contribution in [2.75, 3.05) is 7.11 Å². The lowest BCUT2D eigenvalue weighted by Crippen LogP contribution is -2.42. The van der Waals surface area contributed by atoms with Gasteiger partial charge in [0.2, 0.25) is 0 Å². The zero-order valence-corrected chi connectivity index (χ0v) is 14.6. The first kappa shape index (κ1) is 17.4. The number of carbonyl (C=O) groups excluding carboxylic acids is 2. The van der Waals surface area contributed by atoms with Gasteiger partial charge in [0.05, 0.1) is 12.0 Å². The molecule has 3 rings (SSSR count). The molecule has 8 heteroatoms. The van der Waals surface area contributed by atoms with Crippen LogP contribution in [0.1, 0.15) is 15.9 Å². The molecule has 1 atom stereocenters. The maximum Gasteiger partial charge on any atom is 0.330 e. The quantitative estimate of drug-likeness (QED) is 0.349. The molecule has 0 heterocycles. The van der Waals surface area contributed by atoms with Crippen molar-refractivity contribution in [3.63, 3.8) is 0 Å². The van der Waals surface area contributed by atoms with Crippen molar-refractivity contribution in [2.24, 2.45) is 0 Å². The molecule has 2 aromatic carbocycles. The molecule has 1 aliphatic rings. The number of nitrogens with zero attached hydrogens (tertiary/aromatic N) is 1. The number of rotatable bonds is 4. The van der Waals surface area contributed by atoms with Crippen LogP contribution in [0.2, 0.25) is 5.02 Å². The minimum absolute atomic E-state index is 0.0655. The fourth-order valence-corrected chi connectivity index (χ4v) is 4.25. The van der Waals surface area contributed by atoms with E-state index in [4.69, 9.17) is 16.3 Å². The average molecular weight is 378 g/mol. The van der Waals surface area contributed by atoms with Crippen LogP contribution < -0.4 is 0 Å². The Balaban J connectivity index is 2.00. The van der Waals surface area contributed by atoms with Crippen LogP contribution in [-0.2, 0) is 16.0 Å². The number of ketones is 1. The number of halogens is 1. The summed E-state index contributed by atoms with van der Waals surface area (Å²) >= 11 is 7.02. The fraction of sp³-hybridized carbons (Fsp3) is 0.176. The third-order valence-electron chi connectivity index (χ3n) is 3.97. The van der Waals surface area contributed by atoms with Crippen molar-refractivity contribution < 1.29 is 19.2 Å².